The van der Waals surface area contributed by atoms with Gasteiger partial charge in [-0.05, 0) is 6.07 Å². The third-order valence-corrected chi connectivity index (χ3v) is 3.34. The van der Waals surface area contributed by atoms with Crippen LogP contribution in [0.5, 0.6) is 0 Å². The highest BCUT2D eigenvalue weighted by Gasteiger charge is 2.29. The molecule has 1 amide bonds. The molecule has 0 aromatic carbocycles. The Kier molecular flexibility index (Phi) is 4.52. The zero-order valence-electron chi connectivity index (χ0n) is 10.2. The lowest BCUT2D eigenvalue weighted by molar-refractivity contribution is -0.132. The number of halogens is 1. The number of carbonyl (C=O) groups is 1. The van der Waals surface area contributed by atoms with Gasteiger partial charge in [-0.15, -0.1) is 0 Å². The van der Waals surface area contributed by atoms with E-state index in [4.69, 9.17) is 16.3 Å². The first kappa shape index (κ1) is 13.3. The Balaban J connectivity index is 2.10. The number of rotatable bonds is 3. The summed E-state index contributed by atoms with van der Waals surface area (Å²) in [5.74, 6) is -0.0327. The molecule has 1 N–H and O–H groups in total. The number of ether oxygens (including phenoxy) is 1. The van der Waals surface area contributed by atoms with Crippen LogP contribution >= 0.6 is 11.6 Å². The molecule has 1 unspecified atom stereocenters. The van der Waals surface area contributed by atoms with Crippen molar-refractivity contribution in [3.63, 3.8) is 0 Å². The normalized spacial score (nSPS) is 20.7. The zero-order valence-corrected chi connectivity index (χ0v) is 11.0. The van der Waals surface area contributed by atoms with Crippen LogP contribution in [-0.2, 0) is 16.1 Å². The van der Waals surface area contributed by atoms with E-state index in [9.17, 15) is 4.79 Å². The lowest BCUT2D eigenvalue weighted by Crippen LogP contribution is -2.52. The van der Waals surface area contributed by atoms with Gasteiger partial charge in [-0.25, -0.2) is 4.98 Å². The number of morpholine rings is 1. The van der Waals surface area contributed by atoms with Crippen molar-refractivity contribution in [3.05, 3.63) is 29.0 Å². The van der Waals surface area contributed by atoms with Crippen LogP contribution in [0.3, 0.4) is 0 Å². The highest BCUT2D eigenvalue weighted by Crippen LogP contribution is 2.17. The molecule has 1 aliphatic heterocycles. The van der Waals surface area contributed by atoms with Crippen LogP contribution in [0.15, 0.2) is 18.3 Å². The number of pyridine rings is 1. The van der Waals surface area contributed by atoms with E-state index in [0.29, 0.717) is 31.5 Å². The van der Waals surface area contributed by atoms with Gasteiger partial charge in [-0.3, -0.25) is 9.69 Å². The molecule has 1 atom stereocenters. The standard InChI is InChI=1S/C12H16ClN3O2/c1-14-12(17)10-8-18-6-5-16(10)7-9-3-2-4-15-11(9)13/h2-4,10H,5-8H2,1H3,(H,14,17). The molecule has 0 bridgehead atoms. The van der Waals surface area contributed by atoms with Gasteiger partial charge in [0.05, 0.1) is 13.2 Å². The second-order valence-corrected chi connectivity index (χ2v) is 4.49. The van der Waals surface area contributed by atoms with Crippen molar-refractivity contribution in [1.29, 1.82) is 0 Å². The molecular weight excluding hydrogens is 254 g/mol. The number of hydrogen-bond acceptors (Lipinski definition) is 4. The minimum atomic E-state index is -0.264. The summed E-state index contributed by atoms with van der Waals surface area (Å²) in [6.07, 6.45) is 1.65. The number of nitrogens with one attached hydrogen (secondary N) is 1. The quantitative estimate of drug-likeness (QED) is 0.820. The summed E-state index contributed by atoms with van der Waals surface area (Å²) in [7, 11) is 1.63. The second kappa shape index (κ2) is 6.13. The van der Waals surface area contributed by atoms with E-state index < -0.39 is 0 Å². The van der Waals surface area contributed by atoms with Gasteiger partial charge in [0, 0.05) is 31.9 Å². The molecule has 0 aliphatic carbocycles. The predicted molar refractivity (Wildman–Crippen MR) is 68.3 cm³/mol. The third-order valence-electron chi connectivity index (χ3n) is 3.00. The minimum absolute atomic E-state index is 0.0327. The fraction of sp³-hybridized carbons (Fsp3) is 0.500. The van der Waals surface area contributed by atoms with E-state index in [2.05, 4.69) is 15.2 Å². The van der Waals surface area contributed by atoms with Crippen LogP contribution in [-0.4, -0.2) is 48.6 Å². The summed E-state index contributed by atoms with van der Waals surface area (Å²) >= 11 is 6.04. The largest absolute Gasteiger partial charge is 0.378 e. The molecule has 98 valence electrons. The van der Waals surface area contributed by atoms with Crippen LogP contribution < -0.4 is 5.32 Å². The number of aromatic nitrogens is 1. The van der Waals surface area contributed by atoms with Gasteiger partial charge in [-0.2, -0.15) is 0 Å². The van der Waals surface area contributed by atoms with Gasteiger partial charge in [0.2, 0.25) is 5.91 Å². The summed E-state index contributed by atoms with van der Waals surface area (Å²) in [5.41, 5.74) is 0.926. The highest BCUT2D eigenvalue weighted by molar-refractivity contribution is 6.30. The monoisotopic (exact) mass is 269 g/mol. The molecule has 1 aliphatic rings. The van der Waals surface area contributed by atoms with E-state index in [-0.39, 0.29) is 11.9 Å². The Labute approximate surface area is 111 Å². The van der Waals surface area contributed by atoms with Crippen molar-refractivity contribution in [3.8, 4) is 0 Å². The predicted octanol–water partition coefficient (Wildman–Crippen LogP) is 0.682. The first-order valence-corrected chi connectivity index (χ1v) is 6.23. The number of amides is 1. The maximum Gasteiger partial charge on any atom is 0.239 e. The molecule has 1 saturated heterocycles. The molecule has 18 heavy (non-hydrogen) atoms. The van der Waals surface area contributed by atoms with Gasteiger partial charge in [0.15, 0.2) is 0 Å². The summed E-state index contributed by atoms with van der Waals surface area (Å²) in [4.78, 5) is 17.9. The van der Waals surface area contributed by atoms with Gasteiger partial charge in [0.25, 0.3) is 0 Å². The maximum absolute atomic E-state index is 11.8. The average molecular weight is 270 g/mol. The topological polar surface area (TPSA) is 54.5 Å². The van der Waals surface area contributed by atoms with Crippen LogP contribution in [0.4, 0.5) is 0 Å². The first-order valence-electron chi connectivity index (χ1n) is 5.85. The SMILES string of the molecule is CNC(=O)C1COCCN1Cc1cccnc1Cl. The van der Waals surface area contributed by atoms with Crippen LogP contribution in [0.1, 0.15) is 5.56 Å². The Morgan fingerprint density at radius 2 is 2.56 bits per heavy atom. The van der Waals surface area contributed by atoms with Gasteiger partial charge in [-0.1, -0.05) is 17.7 Å². The summed E-state index contributed by atoms with van der Waals surface area (Å²) < 4.78 is 5.35. The molecule has 5 nitrogen and oxygen atoms in total. The Hall–Kier alpha value is -1.17. The average Bonchev–Trinajstić information content (AvgIpc) is 2.41. The van der Waals surface area contributed by atoms with Gasteiger partial charge >= 0.3 is 0 Å². The van der Waals surface area contributed by atoms with Crippen molar-refractivity contribution < 1.29 is 9.53 Å². The molecule has 2 heterocycles. The fourth-order valence-electron chi connectivity index (χ4n) is 1.99. The highest BCUT2D eigenvalue weighted by atomic mass is 35.5. The molecule has 1 fully saturated rings. The van der Waals surface area contributed by atoms with Crippen molar-refractivity contribution in [2.45, 2.75) is 12.6 Å². The summed E-state index contributed by atoms with van der Waals surface area (Å²) in [6, 6.07) is 3.50. The number of nitrogens with zero attached hydrogens (tertiary/aromatic N) is 2. The Morgan fingerprint density at radius 3 is 3.28 bits per heavy atom. The summed E-state index contributed by atoms with van der Waals surface area (Å²) in [6.45, 7) is 2.36. The lowest BCUT2D eigenvalue weighted by atomic mass is 10.1. The molecule has 6 heteroatoms. The molecule has 0 radical (unpaired) electrons. The van der Waals surface area contributed by atoms with Crippen LogP contribution in [0.2, 0.25) is 5.15 Å². The van der Waals surface area contributed by atoms with E-state index >= 15 is 0 Å². The van der Waals surface area contributed by atoms with Crippen LogP contribution in [0, 0.1) is 0 Å². The number of likely N-dealkylation sites (N-methyl/N-ethyl adjacent to an activating group) is 1. The molecule has 1 aromatic heterocycles. The molecular formula is C12H16ClN3O2. The minimum Gasteiger partial charge on any atom is -0.378 e. The van der Waals surface area contributed by atoms with Crippen molar-refractivity contribution in [2.24, 2.45) is 0 Å². The first-order chi connectivity index (χ1) is 8.72. The van der Waals surface area contributed by atoms with Crippen molar-refractivity contribution in [1.82, 2.24) is 15.2 Å². The van der Waals surface area contributed by atoms with E-state index in [1.807, 2.05) is 12.1 Å². The lowest BCUT2D eigenvalue weighted by Gasteiger charge is -2.34. The number of hydrogen-bond donors (Lipinski definition) is 1. The Morgan fingerprint density at radius 1 is 1.72 bits per heavy atom. The summed E-state index contributed by atoms with van der Waals surface area (Å²) in [5, 5.41) is 3.14. The zero-order chi connectivity index (χ0) is 13.0. The third kappa shape index (κ3) is 2.98. The van der Waals surface area contributed by atoms with Crippen molar-refractivity contribution in [2.75, 3.05) is 26.8 Å². The van der Waals surface area contributed by atoms with Gasteiger partial charge < -0.3 is 10.1 Å². The van der Waals surface area contributed by atoms with Gasteiger partial charge in [0.1, 0.15) is 11.2 Å². The molecule has 1 aromatic rings. The maximum atomic E-state index is 11.8. The second-order valence-electron chi connectivity index (χ2n) is 4.13. The smallest absolute Gasteiger partial charge is 0.239 e. The van der Waals surface area contributed by atoms with Crippen LogP contribution in [0.25, 0.3) is 0 Å². The van der Waals surface area contributed by atoms with E-state index in [1.165, 1.54) is 0 Å². The van der Waals surface area contributed by atoms with Crippen molar-refractivity contribution >= 4 is 17.5 Å². The molecule has 0 saturated carbocycles. The number of carbonyl (C=O) groups excluding carboxylic acids is 1. The molecule has 2 rings (SSSR count). The van der Waals surface area contributed by atoms with E-state index in [0.717, 1.165) is 5.56 Å². The fourth-order valence-corrected chi connectivity index (χ4v) is 2.17. The molecule has 0 spiro atoms. The Bertz CT molecular complexity index is 428. The van der Waals surface area contributed by atoms with E-state index in [1.54, 1.807) is 13.2 Å².